The van der Waals surface area contributed by atoms with E-state index in [1.165, 1.54) is 16.7 Å². The summed E-state index contributed by atoms with van der Waals surface area (Å²) in [6, 6.07) is 9.15. The van der Waals surface area contributed by atoms with Gasteiger partial charge in [-0.3, -0.25) is 4.31 Å². The molecule has 0 radical (unpaired) electrons. The van der Waals surface area contributed by atoms with Crippen molar-refractivity contribution >= 4 is 15.7 Å². The highest BCUT2D eigenvalue weighted by Gasteiger charge is 2.36. The van der Waals surface area contributed by atoms with Gasteiger partial charge in [0.2, 0.25) is 0 Å². The third-order valence-corrected chi connectivity index (χ3v) is 10.3. The number of aryl methyl sites for hydroxylation is 1. The van der Waals surface area contributed by atoms with Crippen molar-refractivity contribution in [3.05, 3.63) is 105 Å². The van der Waals surface area contributed by atoms with Crippen molar-refractivity contribution in [2.45, 2.75) is 91.1 Å². The van der Waals surface area contributed by atoms with E-state index in [1.54, 1.807) is 16.4 Å². The Kier molecular flexibility index (Phi) is 12.1. The molecule has 2 heterocycles. The van der Waals surface area contributed by atoms with E-state index < -0.39 is 10.0 Å². The molecule has 0 N–H and O–H groups in total. The smallest absolute Gasteiger partial charge is 0.264 e. The second-order valence-corrected chi connectivity index (χ2v) is 14.6. The molecule has 1 atom stereocenters. The molecule has 1 unspecified atom stereocenters. The zero-order valence-corrected chi connectivity index (χ0v) is 28.8. The van der Waals surface area contributed by atoms with E-state index in [4.69, 9.17) is 9.47 Å². The van der Waals surface area contributed by atoms with Crippen molar-refractivity contribution in [1.82, 2.24) is 0 Å². The Balaban J connectivity index is 1.65. The quantitative estimate of drug-likeness (QED) is 0.134. The molecule has 0 fully saturated rings. The average molecular weight is 628 g/mol. The maximum atomic E-state index is 13.9. The lowest BCUT2D eigenvalue weighted by Gasteiger charge is -2.30. The SMILES string of the molecule is C=C(CCC=C(C)C)C1COCc2c1cc1c(c2C#CCOC/C=C(/C)CCC=C(C)C)CCN1S(=O)(=O)c1ccc(C)cc1. The first-order chi connectivity index (χ1) is 21.5. The van der Waals surface area contributed by atoms with Crippen LogP contribution in [0.25, 0.3) is 0 Å². The van der Waals surface area contributed by atoms with Crippen LogP contribution in [0.5, 0.6) is 0 Å². The van der Waals surface area contributed by atoms with Gasteiger partial charge in [-0.15, -0.1) is 0 Å². The molecule has 45 heavy (non-hydrogen) atoms. The molecule has 240 valence electrons. The van der Waals surface area contributed by atoms with E-state index in [2.05, 4.69) is 77.3 Å². The third kappa shape index (κ3) is 8.88. The van der Waals surface area contributed by atoms with E-state index in [9.17, 15) is 8.42 Å². The van der Waals surface area contributed by atoms with Gasteiger partial charge in [0.05, 0.1) is 30.4 Å². The van der Waals surface area contributed by atoms with E-state index in [-0.39, 0.29) is 5.92 Å². The Bertz CT molecular complexity index is 1640. The van der Waals surface area contributed by atoms with Gasteiger partial charge in [0.15, 0.2) is 0 Å². The number of hydrogen-bond donors (Lipinski definition) is 0. The number of ether oxygens (including phenoxy) is 2. The maximum Gasteiger partial charge on any atom is 0.264 e. The first-order valence-electron chi connectivity index (χ1n) is 16.0. The fourth-order valence-electron chi connectivity index (χ4n) is 5.84. The fraction of sp³-hybridized carbons (Fsp3) is 0.436. The fourth-order valence-corrected chi connectivity index (χ4v) is 7.33. The zero-order valence-electron chi connectivity index (χ0n) is 28.0. The van der Waals surface area contributed by atoms with Crippen LogP contribution in [0, 0.1) is 18.8 Å². The normalized spacial score (nSPS) is 15.9. The lowest BCUT2D eigenvalue weighted by atomic mass is 9.82. The highest BCUT2D eigenvalue weighted by molar-refractivity contribution is 7.92. The van der Waals surface area contributed by atoms with Gasteiger partial charge in [0.1, 0.15) is 6.61 Å². The van der Waals surface area contributed by atoms with Crippen molar-refractivity contribution in [2.75, 3.05) is 30.7 Å². The Labute approximate surface area is 271 Å². The number of hydrogen-bond acceptors (Lipinski definition) is 4. The lowest BCUT2D eigenvalue weighted by Crippen LogP contribution is -2.29. The summed E-state index contributed by atoms with van der Waals surface area (Å²) in [5.74, 6) is 6.61. The summed E-state index contributed by atoms with van der Waals surface area (Å²) in [6.45, 7) is 19.1. The van der Waals surface area contributed by atoms with Crippen LogP contribution in [-0.4, -0.2) is 34.8 Å². The van der Waals surface area contributed by atoms with E-state index in [0.717, 1.165) is 64.8 Å². The Hall–Kier alpha value is -3.37. The van der Waals surface area contributed by atoms with Crippen LogP contribution in [0.4, 0.5) is 5.69 Å². The topological polar surface area (TPSA) is 55.8 Å². The van der Waals surface area contributed by atoms with Crippen molar-refractivity contribution in [3.8, 4) is 11.8 Å². The van der Waals surface area contributed by atoms with E-state index in [0.29, 0.717) is 44.3 Å². The Morgan fingerprint density at radius 2 is 1.71 bits per heavy atom. The molecule has 0 bridgehead atoms. The van der Waals surface area contributed by atoms with Gasteiger partial charge in [-0.05, 0) is 109 Å². The molecule has 4 rings (SSSR count). The van der Waals surface area contributed by atoms with Crippen molar-refractivity contribution < 1.29 is 17.9 Å². The van der Waals surface area contributed by atoms with Gasteiger partial charge in [0.25, 0.3) is 10.0 Å². The largest absolute Gasteiger partial charge is 0.376 e. The molecule has 6 heteroatoms. The summed E-state index contributed by atoms with van der Waals surface area (Å²) in [7, 11) is -3.74. The van der Waals surface area contributed by atoms with Crippen LogP contribution in [0.2, 0.25) is 0 Å². The Morgan fingerprint density at radius 3 is 2.40 bits per heavy atom. The molecule has 2 aliphatic heterocycles. The summed E-state index contributed by atoms with van der Waals surface area (Å²) < 4.78 is 41.4. The minimum atomic E-state index is -3.74. The molecule has 2 aliphatic rings. The summed E-state index contributed by atoms with van der Waals surface area (Å²) in [5, 5.41) is 0. The summed E-state index contributed by atoms with van der Waals surface area (Å²) in [5.41, 5.74) is 10.7. The molecule has 0 saturated heterocycles. The van der Waals surface area contributed by atoms with Gasteiger partial charge >= 0.3 is 0 Å². The predicted octanol–water partition coefficient (Wildman–Crippen LogP) is 8.72. The molecule has 0 amide bonds. The maximum absolute atomic E-state index is 13.9. The van der Waals surface area contributed by atoms with Crippen LogP contribution in [0.3, 0.4) is 0 Å². The minimum Gasteiger partial charge on any atom is -0.376 e. The summed E-state index contributed by atoms with van der Waals surface area (Å²) >= 11 is 0. The third-order valence-electron chi connectivity index (χ3n) is 8.44. The van der Waals surface area contributed by atoms with Gasteiger partial charge in [0, 0.05) is 18.0 Å². The van der Waals surface area contributed by atoms with Gasteiger partial charge in [-0.25, -0.2) is 8.42 Å². The standard InChI is InChI=1S/C39H49NO4S/c1-28(2)11-8-13-30(5)21-24-43-23-10-15-34-35-20-22-40(45(41,42)33-18-16-31(6)17-19-33)39(35)25-36-37(26-44-27-38(34)36)32(7)14-9-12-29(3)4/h11-12,16-19,21,25,37H,7-9,13-14,20,22-24,26-27H2,1-6H3/b30-21-. The number of allylic oxidation sites excluding steroid dienone is 5. The van der Waals surface area contributed by atoms with Crippen molar-refractivity contribution in [3.63, 3.8) is 0 Å². The minimum absolute atomic E-state index is 0.0228. The molecule has 0 aliphatic carbocycles. The zero-order chi connectivity index (χ0) is 32.6. The monoisotopic (exact) mass is 627 g/mol. The van der Waals surface area contributed by atoms with Gasteiger partial charge in [-0.1, -0.05) is 76.6 Å². The number of benzene rings is 2. The number of nitrogens with zero attached hydrogens (tertiary/aromatic N) is 1. The van der Waals surface area contributed by atoms with Crippen LogP contribution in [0.1, 0.15) is 94.0 Å². The van der Waals surface area contributed by atoms with E-state index >= 15 is 0 Å². The number of rotatable bonds is 12. The van der Waals surface area contributed by atoms with Gasteiger partial charge < -0.3 is 9.47 Å². The van der Waals surface area contributed by atoms with Gasteiger partial charge in [-0.2, -0.15) is 0 Å². The van der Waals surface area contributed by atoms with Crippen LogP contribution < -0.4 is 4.31 Å². The lowest BCUT2D eigenvalue weighted by molar-refractivity contribution is 0.0978. The summed E-state index contributed by atoms with van der Waals surface area (Å²) in [6.07, 6.45) is 11.0. The van der Waals surface area contributed by atoms with Crippen LogP contribution in [0.15, 0.2) is 82.3 Å². The van der Waals surface area contributed by atoms with Crippen LogP contribution >= 0.6 is 0 Å². The number of fused-ring (bicyclic) bond motifs is 2. The molecular weight excluding hydrogens is 578 g/mol. The summed E-state index contributed by atoms with van der Waals surface area (Å²) in [4.78, 5) is 0.301. The molecule has 0 aromatic heterocycles. The molecule has 0 saturated carbocycles. The molecular formula is C39H49NO4S. The number of anilines is 1. The second kappa shape index (κ2) is 15.8. The first kappa shape index (κ1) is 34.5. The average Bonchev–Trinajstić information content (AvgIpc) is 3.42. The second-order valence-electron chi connectivity index (χ2n) is 12.7. The molecule has 2 aromatic rings. The van der Waals surface area contributed by atoms with Crippen LogP contribution in [-0.2, 0) is 32.5 Å². The molecule has 5 nitrogen and oxygen atoms in total. The highest BCUT2D eigenvalue weighted by Crippen LogP contribution is 2.43. The van der Waals surface area contributed by atoms with Crippen molar-refractivity contribution in [1.29, 1.82) is 0 Å². The molecule has 2 aromatic carbocycles. The highest BCUT2D eigenvalue weighted by atomic mass is 32.2. The molecule has 0 spiro atoms. The number of sulfonamides is 1. The van der Waals surface area contributed by atoms with E-state index in [1.807, 2.05) is 19.1 Å². The predicted molar refractivity (Wildman–Crippen MR) is 186 cm³/mol. The van der Waals surface area contributed by atoms with Crippen molar-refractivity contribution in [2.24, 2.45) is 0 Å². The first-order valence-corrected chi connectivity index (χ1v) is 17.5. The Morgan fingerprint density at radius 1 is 1.02 bits per heavy atom.